The summed E-state index contributed by atoms with van der Waals surface area (Å²) in [5.41, 5.74) is 1.21. The quantitative estimate of drug-likeness (QED) is 0.904. The van der Waals surface area contributed by atoms with Crippen molar-refractivity contribution < 1.29 is 8.78 Å². The molecule has 1 atom stereocenters. The summed E-state index contributed by atoms with van der Waals surface area (Å²) in [6.07, 6.45) is 2.33. The Hall–Kier alpha value is -1.49. The molecule has 1 saturated heterocycles. The van der Waals surface area contributed by atoms with Crippen molar-refractivity contribution in [3.05, 3.63) is 29.6 Å². The van der Waals surface area contributed by atoms with Crippen LogP contribution in [0.15, 0.2) is 12.1 Å². The zero-order chi connectivity index (χ0) is 13.4. The molecule has 0 aliphatic carbocycles. The first-order chi connectivity index (χ1) is 9.15. The molecule has 2 aromatic rings. The summed E-state index contributed by atoms with van der Waals surface area (Å²) in [5, 5.41) is 3.37. The Morgan fingerprint density at radius 3 is 2.89 bits per heavy atom. The van der Waals surface area contributed by atoms with E-state index in [0.717, 1.165) is 31.9 Å². The highest BCUT2D eigenvalue weighted by atomic mass is 19.2. The van der Waals surface area contributed by atoms with Crippen LogP contribution in [0, 0.1) is 24.5 Å². The smallest absolute Gasteiger partial charge is 0.161 e. The molecule has 0 saturated carbocycles. The molecule has 1 unspecified atom stereocenters. The van der Waals surface area contributed by atoms with Crippen LogP contribution >= 0.6 is 0 Å². The second-order valence-corrected chi connectivity index (χ2v) is 5.24. The van der Waals surface area contributed by atoms with E-state index in [1.807, 2.05) is 11.5 Å². The summed E-state index contributed by atoms with van der Waals surface area (Å²) in [6, 6.07) is 2.42. The maximum absolute atomic E-state index is 13.4. The van der Waals surface area contributed by atoms with E-state index in [-0.39, 0.29) is 0 Å². The number of nitrogens with zero attached hydrogens (tertiary/aromatic N) is 2. The topological polar surface area (TPSA) is 29.9 Å². The largest absolute Gasteiger partial charge is 0.328 e. The van der Waals surface area contributed by atoms with Gasteiger partial charge in [0.15, 0.2) is 11.6 Å². The average molecular weight is 265 g/mol. The second kappa shape index (κ2) is 4.89. The number of imidazole rings is 1. The van der Waals surface area contributed by atoms with Crippen molar-refractivity contribution >= 4 is 11.0 Å². The number of halogens is 2. The Bertz CT molecular complexity index is 600. The average Bonchev–Trinajstić information content (AvgIpc) is 2.68. The van der Waals surface area contributed by atoms with Crippen LogP contribution in [0.4, 0.5) is 8.78 Å². The van der Waals surface area contributed by atoms with Crippen LogP contribution in [0.1, 0.15) is 18.7 Å². The number of nitrogens with one attached hydrogen (secondary N) is 1. The number of rotatable bonds is 2. The molecule has 102 valence electrons. The van der Waals surface area contributed by atoms with Gasteiger partial charge in [0.1, 0.15) is 5.82 Å². The van der Waals surface area contributed by atoms with E-state index in [2.05, 4.69) is 10.3 Å². The lowest BCUT2D eigenvalue weighted by atomic mass is 9.99. The van der Waals surface area contributed by atoms with Crippen molar-refractivity contribution in [1.82, 2.24) is 14.9 Å². The first kappa shape index (κ1) is 12.5. The summed E-state index contributed by atoms with van der Waals surface area (Å²) < 4.78 is 28.6. The highest BCUT2D eigenvalue weighted by Crippen LogP contribution is 2.22. The summed E-state index contributed by atoms with van der Waals surface area (Å²) >= 11 is 0. The lowest BCUT2D eigenvalue weighted by molar-refractivity contribution is 0.338. The number of aryl methyl sites for hydroxylation is 1. The Kier molecular flexibility index (Phi) is 3.22. The van der Waals surface area contributed by atoms with Crippen molar-refractivity contribution in [3.63, 3.8) is 0 Å². The molecule has 1 aromatic carbocycles. The van der Waals surface area contributed by atoms with Crippen LogP contribution in [-0.4, -0.2) is 22.6 Å². The van der Waals surface area contributed by atoms with Crippen molar-refractivity contribution in [2.75, 3.05) is 13.1 Å². The van der Waals surface area contributed by atoms with E-state index >= 15 is 0 Å². The van der Waals surface area contributed by atoms with Gasteiger partial charge in [0.25, 0.3) is 0 Å². The maximum atomic E-state index is 13.4. The van der Waals surface area contributed by atoms with Crippen LogP contribution in [0.25, 0.3) is 11.0 Å². The van der Waals surface area contributed by atoms with E-state index in [0.29, 0.717) is 17.0 Å². The van der Waals surface area contributed by atoms with E-state index in [1.54, 1.807) is 0 Å². The van der Waals surface area contributed by atoms with E-state index in [9.17, 15) is 8.78 Å². The molecule has 0 radical (unpaired) electrons. The molecule has 5 heteroatoms. The first-order valence-electron chi connectivity index (χ1n) is 6.68. The standard InChI is InChI=1S/C14H17F2N3/c1-9-18-13-5-11(15)12(16)6-14(13)19(9)8-10-3-2-4-17-7-10/h5-6,10,17H,2-4,7-8H2,1H3. The number of hydrogen-bond donors (Lipinski definition) is 1. The highest BCUT2D eigenvalue weighted by Gasteiger charge is 2.17. The predicted octanol–water partition coefficient (Wildman–Crippen LogP) is 2.62. The minimum absolute atomic E-state index is 0.526. The lowest BCUT2D eigenvalue weighted by Crippen LogP contribution is -2.32. The molecule has 1 aliphatic heterocycles. The predicted molar refractivity (Wildman–Crippen MR) is 70.0 cm³/mol. The minimum atomic E-state index is -0.837. The Morgan fingerprint density at radius 2 is 2.16 bits per heavy atom. The van der Waals surface area contributed by atoms with Crippen molar-refractivity contribution in [2.24, 2.45) is 5.92 Å². The molecule has 3 rings (SSSR count). The van der Waals surface area contributed by atoms with Gasteiger partial charge in [-0.3, -0.25) is 0 Å². The van der Waals surface area contributed by atoms with Gasteiger partial charge in [-0.05, 0) is 38.8 Å². The lowest BCUT2D eigenvalue weighted by Gasteiger charge is -2.23. The molecule has 1 fully saturated rings. The van der Waals surface area contributed by atoms with Crippen LogP contribution in [0.5, 0.6) is 0 Å². The van der Waals surface area contributed by atoms with Crippen LogP contribution < -0.4 is 5.32 Å². The zero-order valence-corrected chi connectivity index (χ0v) is 10.9. The zero-order valence-electron chi connectivity index (χ0n) is 10.9. The molecule has 0 spiro atoms. The number of hydrogen-bond acceptors (Lipinski definition) is 2. The van der Waals surface area contributed by atoms with Gasteiger partial charge in [0.05, 0.1) is 11.0 Å². The number of benzene rings is 1. The van der Waals surface area contributed by atoms with Crippen molar-refractivity contribution in [3.8, 4) is 0 Å². The van der Waals surface area contributed by atoms with Crippen LogP contribution in [0.2, 0.25) is 0 Å². The Labute approximate surface area is 110 Å². The van der Waals surface area contributed by atoms with Crippen molar-refractivity contribution in [1.29, 1.82) is 0 Å². The SMILES string of the molecule is Cc1nc2cc(F)c(F)cc2n1CC1CCCNC1. The fraction of sp³-hybridized carbons (Fsp3) is 0.500. The number of fused-ring (bicyclic) bond motifs is 1. The van der Waals surface area contributed by atoms with Gasteiger partial charge in [0.2, 0.25) is 0 Å². The van der Waals surface area contributed by atoms with Gasteiger partial charge in [-0.15, -0.1) is 0 Å². The third-order valence-corrected chi connectivity index (χ3v) is 3.82. The fourth-order valence-electron chi connectivity index (χ4n) is 2.81. The highest BCUT2D eigenvalue weighted by molar-refractivity contribution is 5.76. The molecular formula is C14H17F2N3. The second-order valence-electron chi connectivity index (χ2n) is 5.24. The molecule has 3 nitrogen and oxygen atoms in total. The molecule has 1 N–H and O–H groups in total. The molecule has 1 aliphatic rings. The molecule has 2 heterocycles. The van der Waals surface area contributed by atoms with Gasteiger partial charge in [-0.1, -0.05) is 0 Å². The maximum Gasteiger partial charge on any atom is 0.161 e. The minimum Gasteiger partial charge on any atom is -0.328 e. The van der Waals surface area contributed by atoms with Crippen LogP contribution in [0.3, 0.4) is 0 Å². The third-order valence-electron chi connectivity index (χ3n) is 3.82. The van der Waals surface area contributed by atoms with E-state index < -0.39 is 11.6 Å². The van der Waals surface area contributed by atoms with Gasteiger partial charge in [-0.2, -0.15) is 0 Å². The van der Waals surface area contributed by atoms with E-state index in [1.165, 1.54) is 18.6 Å². The summed E-state index contributed by atoms with van der Waals surface area (Å²) in [6.45, 7) is 4.73. The summed E-state index contributed by atoms with van der Waals surface area (Å²) in [4.78, 5) is 4.32. The monoisotopic (exact) mass is 265 g/mol. The van der Waals surface area contributed by atoms with E-state index in [4.69, 9.17) is 0 Å². The fourth-order valence-corrected chi connectivity index (χ4v) is 2.81. The van der Waals surface area contributed by atoms with Gasteiger partial charge in [-0.25, -0.2) is 13.8 Å². The normalized spacial score (nSPS) is 20.1. The summed E-state index contributed by atoms with van der Waals surface area (Å²) in [5.74, 6) is -0.310. The first-order valence-corrected chi connectivity index (χ1v) is 6.68. The number of piperidine rings is 1. The van der Waals surface area contributed by atoms with Crippen molar-refractivity contribution in [2.45, 2.75) is 26.3 Å². The third kappa shape index (κ3) is 2.34. The summed E-state index contributed by atoms with van der Waals surface area (Å²) in [7, 11) is 0. The molecule has 19 heavy (non-hydrogen) atoms. The molecular weight excluding hydrogens is 248 g/mol. The van der Waals surface area contributed by atoms with Gasteiger partial charge in [0, 0.05) is 18.7 Å². The molecule has 0 bridgehead atoms. The molecule has 1 aromatic heterocycles. The van der Waals surface area contributed by atoms with Gasteiger partial charge < -0.3 is 9.88 Å². The number of aromatic nitrogens is 2. The Balaban J connectivity index is 1.97. The van der Waals surface area contributed by atoms with Crippen LogP contribution in [-0.2, 0) is 6.54 Å². The van der Waals surface area contributed by atoms with Gasteiger partial charge >= 0.3 is 0 Å². The molecule has 0 amide bonds. The Morgan fingerprint density at radius 1 is 1.37 bits per heavy atom.